The lowest BCUT2D eigenvalue weighted by Crippen LogP contribution is -2.36. The Morgan fingerprint density at radius 1 is 1.31 bits per heavy atom. The van der Waals surface area contributed by atoms with Crippen LogP contribution in [0.4, 0.5) is 0 Å². The molecule has 0 saturated heterocycles. The first-order chi connectivity index (χ1) is 7.03. The van der Waals surface area contributed by atoms with Crippen LogP contribution in [0, 0.1) is 5.92 Å². The summed E-state index contributed by atoms with van der Waals surface area (Å²) in [6.07, 6.45) is 0.986. The molecule has 0 spiro atoms. The van der Waals surface area contributed by atoms with Gasteiger partial charge in [0, 0.05) is 18.7 Å². The Morgan fingerprint density at radius 2 is 1.81 bits per heavy atom. The molecule has 0 aromatic rings. The maximum absolute atomic E-state index is 11.3. The highest BCUT2D eigenvalue weighted by molar-refractivity contribution is 7.93. The van der Waals surface area contributed by atoms with E-state index in [-0.39, 0.29) is 17.5 Å². The number of thiocarbonyl (C=S) groups is 1. The molecule has 1 atom stereocenters. The highest BCUT2D eigenvalue weighted by atomic mass is 32.2. The molecule has 96 valence electrons. The standard InChI is InChI=1S/C7H16N2O4S3/c1-6(7(8)14)5-9-16(12,13)4-3-15(2,10)11/h6,9H,3-5H2,1-2H3,(H2,8,14). The van der Waals surface area contributed by atoms with E-state index in [1.165, 1.54) is 0 Å². The maximum atomic E-state index is 11.3. The van der Waals surface area contributed by atoms with E-state index in [9.17, 15) is 16.8 Å². The number of rotatable bonds is 7. The van der Waals surface area contributed by atoms with Crippen molar-refractivity contribution in [3.63, 3.8) is 0 Å². The van der Waals surface area contributed by atoms with Gasteiger partial charge in [0.15, 0.2) is 0 Å². The average molecular weight is 288 g/mol. The monoisotopic (exact) mass is 288 g/mol. The van der Waals surface area contributed by atoms with Gasteiger partial charge >= 0.3 is 0 Å². The Kier molecular flexibility index (Phi) is 5.80. The van der Waals surface area contributed by atoms with Gasteiger partial charge in [-0.05, 0) is 0 Å². The first-order valence-electron chi connectivity index (χ1n) is 4.48. The zero-order chi connectivity index (χ0) is 13.0. The fourth-order valence-corrected chi connectivity index (χ4v) is 3.51. The number of nitrogens with one attached hydrogen (secondary N) is 1. The molecule has 16 heavy (non-hydrogen) atoms. The van der Waals surface area contributed by atoms with Gasteiger partial charge in [0.25, 0.3) is 0 Å². The van der Waals surface area contributed by atoms with Gasteiger partial charge in [0.2, 0.25) is 10.0 Å². The molecule has 0 rings (SSSR count). The molecule has 1 unspecified atom stereocenters. The minimum atomic E-state index is -3.59. The molecule has 0 aliphatic heterocycles. The molecule has 0 heterocycles. The Hall–Kier alpha value is -0.250. The third kappa shape index (κ3) is 7.97. The van der Waals surface area contributed by atoms with Crippen LogP contribution in [0.25, 0.3) is 0 Å². The molecule has 0 radical (unpaired) electrons. The minimum absolute atomic E-state index is 0.0848. The normalized spacial score (nSPS) is 14.6. The van der Waals surface area contributed by atoms with Crippen molar-refractivity contribution in [2.24, 2.45) is 11.7 Å². The SMILES string of the molecule is CC(CNS(=O)(=O)CCS(C)(=O)=O)C(N)=S. The van der Waals surface area contributed by atoms with Crippen molar-refractivity contribution < 1.29 is 16.8 Å². The summed E-state index contributed by atoms with van der Waals surface area (Å²) in [7, 11) is -6.87. The third-order valence-corrected chi connectivity index (χ3v) is 4.77. The second-order valence-corrected chi connectivity index (χ2v) is 8.26. The second-order valence-electron chi connectivity index (χ2n) is 3.60. The lowest BCUT2D eigenvalue weighted by Gasteiger charge is -2.10. The summed E-state index contributed by atoms with van der Waals surface area (Å²) in [4.78, 5) is 0.214. The molecule has 9 heteroatoms. The summed E-state index contributed by atoms with van der Waals surface area (Å²) in [5.74, 6) is -1.11. The van der Waals surface area contributed by atoms with Crippen LogP contribution in [-0.4, -0.2) is 46.1 Å². The molecule has 0 aliphatic carbocycles. The third-order valence-electron chi connectivity index (χ3n) is 1.82. The summed E-state index contributed by atoms with van der Waals surface area (Å²) >= 11 is 4.68. The highest BCUT2D eigenvalue weighted by Gasteiger charge is 2.15. The number of hydrogen-bond donors (Lipinski definition) is 2. The van der Waals surface area contributed by atoms with Gasteiger partial charge in [-0.1, -0.05) is 19.1 Å². The van der Waals surface area contributed by atoms with Crippen LogP contribution in [0.5, 0.6) is 0 Å². The van der Waals surface area contributed by atoms with Crippen molar-refractivity contribution in [2.45, 2.75) is 6.92 Å². The van der Waals surface area contributed by atoms with Gasteiger partial charge in [0.05, 0.1) is 16.5 Å². The molecule has 0 aromatic heterocycles. The van der Waals surface area contributed by atoms with Gasteiger partial charge in [-0.25, -0.2) is 21.6 Å². The quantitative estimate of drug-likeness (QED) is 0.574. The molecule has 0 bridgehead atoms. The summed E-state index contributed by atoms with van der Waals surface area (Å²) in [6.45, 7) is 1.77. The fourth-order valence-electron chi connectivity index (χ4n) is 0.686. The maximum Gasteiger partial charge on any atom is 0.212 e. The van der Waals surface area contributed by atoms with Crippen LogP contribution in [0.3, 0.4) is 0 Å². The summed E-state index contributed by atoms with van der Waals surface area (Å²) in [5.41, 5.74) is 5.31. The molecule has 0 saturated carbocycles. The first kappa shape index (κ1) is 15.8. The van der Waals surface area contributed by atoms with Gasteiger partial charge in [0.1, 0.15) is 9.84 Å². The summed E-state index contributed by atoms with van der Waals surface area (Å²) in [5, 5.41) is 0. The number of sulfonamides is 1. The molecule has 3 N–H and O–H groups in total. The molecule has 0 aliphatic rings. The van der Waals surface area contributed by atoms with Gasteiger partial charge < -0.3 is 5.73 Å². The summed E-state index contributed by atoms with van der Waals surface area (Å²) < 4.78 is 46.5. The van der Waals surface area contributed by atoms with Crippen molar-refractivity contribution >= 4 is 37.1 Å². The van der Waals surface area contributed by atoms with E-state index in [0.29, 0.717) is 0 Å². The smallest absolute Gasteiger partial charge is 0.212 e. The zero-order valence-electron chi connectivity index (χ0n) is 9.13. The average Bonchev–Trinajstić information content (AvgIpc) is 2.10. The van der Waals surface area contributed by atoms with Gasteiger partial charge in [-0.15, -0.1) is 0 Å². The summed E-state index contributed by atoms with van der Waals surface area (Å²) in [6, 6.07) is 0. The molecular weight excluding hydrogens is 272 g/mol. The van der Waals surface area contributed by atoms with E-state index >= 15 is 0 Å². The van der Waals surface area contributed by atoms with Crippen molar-refractivity contribution in [3.05, 3.63) is 0 Å². The zero-order valence-corrected chi connectivity index (χ0v) is 11.6. The largest absolute Gasteiger partial charge is 0.393 e. The lowest BCUT2D eigenvalue weighted by molar-refractivity contribution is 0.573. The van der Waals surface area contributed by atoms with Crippen LogP contribution in [-0.2, 0) is 19.9 Å². The van der Waals surface area contributed by atoms with Crippen LogP contribution < -0.4 is 10.5 Å². The van der Waals surface area contributed by atoms with Gasteiger partial charge in [-0.3, -0.25) is 0 Å². The number of nitrogens with two attached hydrogens (primary N) is 1. The Morgan fingerprint density at radius 3 is 2.19 bits per heavy atom. The molecule has 0 amide bonds. The van der Waals surface area contributed by atoms with E-state index in [1.54, 1.807) is 6.92 Å². The molecule has 0 fully saturated rings. The topological polar surface area (TPSA) is 106 Å². The van der Waals surface area contributed by atoms with E-state index in [2.05, 4.69) is 16.9 Å². The van der Waals surface area contributed by atoms with E-state index in [0.717, 1.165) is 6.26 Å². The van der Waals surface area contributed by atoms with Crippen LogP contribution in [0.15, 0.2) is 0 Å². The Bertz CT molecular complexity index is 440. The molecule has 6 nitrogen and oxygen atoms in total. The van der Waals surface area contributed by atoms with E-state index in [1.807, 2.05) is 0 Å². The molecular formula is C7H16N2O4S3. The first-order valence-corrected chi connectivity index (χ1v) is 8.60. The highest BCUT2D eigenvalue weighted by Crippen LogP contribution is 1.95. The predicted octanol–water partition coefficient (Wildman–Crippen LogP) is -1.13. The van der Waals surface area contributed by atoms with Crippen molar-refractivity contribution in [1.29, 1.82) is 0 Å². The van der Waals surface area contributed by atoms with Crippen molar-refractivity contribution in [1.82, 2.24) is 4.72 Å². The van der Waals surface area contributed by atoms with E-state index in [4.69, 9.17) is 5.73 Å². The van der Waals surface area contributed by atoms with Crippen LogP contribution >= 0.6 is 12.2 Å². The Balaban J connectivity index is 4.22. The van der Waals surface area contributed by atoms with Crippen molar-refractivity contribution in [2.75, 3.05) is 24.3 Å². The minimum Gasteiger partial charge on any atom is -0.393 e. The number of hydrogen-bond acceptors (Lipinski definition) is 5. The van der Waals surface area contributed by atoms with Crippen LogP contribution in [0.1, 0.15) is 6.92 Å². The van der Waals surface area contributed by atoms with Crippen molar-refractivity contribution in [3.8, 4) is 0 Å². The van der Waals surface area contributed by atoms with Gasteiger partial charge in [-0.2, -0.15) is 0 Å². The number of sulfone groups is 1. The molecule has 0 aromatic carbocycles. The van der Waals surface area contributed by atoms with Crippen LogP contribution in [0.2, 0.25) is 0 Å². The van der Waals surface area contributed by atoms with E-state index < -0.39 is 31.4 Å². The predicted molar refractivity (Wildman–Crippen MR) is 67.4 cm³/mol. The second kappa shape index (κ2) is 5.89. The Labute approximate surface area is 102 Å². The fraction of sp³-hybridized carbons (Fsp3) is 0.857. The lowest BCUT2D eigenvalue weighted by atomic mass is 10.2.